The highest BCUT2D eigenvalue weighted by Gasteiger charge is 2.38. The van der Waals surface area contributed by atoms with Crippen molar-refractivity contribution < 1.29 is 8.42 Å². The summed E-state index contributed by atoms with van der Waals surface area (Å²) >= 11 is 3.33. The summed E-state index contributed by atoms with van der Waals surface area (Å²) in [5, 5.41) is 0. The first kappa shape index (κ1) is 13.3. The monoisotopic (exact) mass is 341 g/mol. The third-order valence-corrected chi connectivity index (χ3v) is 6.41. The van der Waals surface area contributed by atoms with Gasteiger partial charge in [-0.15, -0.1) is 0 Å². The summed E-state index contributed by atoms with van der Waals surface area (Å²) in [6.45, 7) is 1.32. The number of hydrogen-bond donors (Lipinski definition) is 0. The summed E-state index contributed by atoms with van der Waals surface area (Å²) in [4.78, 5) is 0.391. The van der Waals surface area contributed by atoms with Crippen molar-refractivity contribution >= 4 is 26.0 Å². The van der Waals surface area contributed by atoms with Crippen LogP contribution in [0.4, 0.5) is 0 Å². The van der Waals surface area contributed by atoms with Crippen LogP contribution >= 0.6 is 15.9 Å². The number of fused-ring (bicyclic) bond motifs is 1. The molecule has 1 aliphatic heterocycles. The van der Waals surface area contributed by atoms with Crippen LogP contribution in [-0.2, 0) is 10.0 Å². The molecule has 102 valence electrons. The van der Waals surface area contributed by atoms with Crippen LogP contribution in [0.3, 0.4) is 0 Å². The Hall–Kier alpha value is -0.650. The van der Waals surface area contributed by atoms with Crippen molar-refractivity contribution in [2.24, 2.45) is 11.8 Å². The van der Waals surface area contributed by atoms with Gasteiger partial charge in [0.05, 0.1) is 4.90 Å². The molecule has 0 saturated carbocycles. The second-order valence-corrected chi connectivity index (χ2v) is 8.09. The zero-order chi connectivity index (χ0) is 13.5. The maximum atomic E-state index is 12.6. The van der Waals surface area contributed by atoms with E-state index in [0.717, 1.165) is 17.3 Å². The SMILES string of the molecule is O=S(=O)(c1ccc(Br)cc1)N1CC2CC=CCC2C1. The molecule has 0 radical (unpaired) electrons. The number of rotatable bonds is 2. The average Bonchev–Trinajstić information content (AvgIpc) is 2.83. The molecule has 1 aromatic rings. The van der Waals surface area contributed by atoms with Crippen LogP contribution < -0.4 is 0 Å². The highest BCUT2D eigenvalue weighted by molar-refractivity contribution is 9.10. The van der Waals surface area contributed by atoms with Crippen molar-refractivity contribution in [2.75, 3.05) is 13.1 Å². The Bertz CT molecular complexity index is 578. The normalized spacial score (nSPS) is 27.4. The topological polar surface area (TPSA) is 37.4 Å². The number of nitrogens with zero attached hydrogens (tertiary/aromatic N) is 1. The van der Waals surface area contributed by atoms with Gasteiger partial charge in [0.25, 0.3) is 0 Å². The van der Waals surface area contributed by atoms with Crippen molar-refractivity contribution in [1.29, 1.82) is 0 Å². The van der Waals surface area contributed by atoms with Gasteiger partial charge in [-0.25, -0.2) is 8.42 Å². The van der Waals surface area contributed by atoms with E-state index in [0.29, 0.717) is 29.8 Å². The van der Waals surface area contributed by atoms with Crippen molar-refractivity contribution in [2.45, 2.75) is 17.7 Å². The van der Waals surface area contributed by atoms with Gasteiger partial charge in [0.15, 0.2) is 0 Å². The van der Waals surface area contributed by atoms with Crippen LogP contribution in [-0.4, -0.2) is 25.8 Å². The van der Waals surface area contributed by atoms with Crippen molar-refractivity contribution in [3.05, 3.63) is 40.9 Å². The molecule has 1 aliphatic carbocycles. The maximum absolute atomic E-state index is 12.6. The lowest BCUT2D eigenvalue weighted by atomic mass is 9.86. The molecule has 2 unspecified atom stereocenters. The van der Waals surface area contributed by atoms with Gasteiger partial charge < -0.3 is 0 Å². The Balaban J connectivity index is 1.84. The molecular formula is C14H16BrNO2S. The molecule has 5 heteroatoms. The lowest BCUT2D eigenvalue weighted by Crippen LogP contribution is -2.29. The van der Waals surface area contributed by atoms with E-state index in [9.17, 15) is 8.42 Å². The van der Waals surface area contributed by atoms with Gasteiger partial charge in [0.2, 0.25) is 10.0 Å². The van der Waals surface area contributed by atoms with E-state index in [-0.39, 0.29) is 0 Å². The van der Waals surface area contributed by atoms with Gasteiger partial charge in [-0.3, -0.25) is 0 Å². The zero-order valence-corrected chi connectivity index (χ0v) is 12.9. The van der Waals surface area contributed by atoms with Crippen LogP contribution in [0.1, 0.15) is 12.8 Å². The predicted molar refractivity (Wildman–Crippen MR) is 78.3 cm³/mol. The number of halogens is 1. The zero-order valence-electron chi connectivity index (χ0n) is 10.5. The molecule has 1 fully saturated rings. The highest BCUT2D eigenvalue weighted by atomic mass is 79.9. The molecule has 0 aromatic heterocycles. The second-order valence-electron chi connectivity index (χ2n) is 5.24. The Morgan fingerprint density at radius 2 is 1.53 bits per heavy atom. The van der Waals surface area contributed by atoms with E-state index in [1.54, 1.807) is 28.6 Å². The summed E-state index contributed by atoms with van der Waals surface area (Å²) in [6.07, 6.45) is 6.38. The summed E-state index contributed by atoms with van der Waals surface area (Å²) in [5.41, 5.74) is 0. The second kappa shape index (κ2) is 5.04. The molecule has 3 rings (SSSR count). The third kappa shape index (κ3) is 2.51. The van der Waals surface area contributed by atoms with E-state index in [1.165, 1.54) is 0 Å². The minimum atomic E-state index is -3.33. The van der Waals surface area contributed by atoms with Gasteiger partial charge in [0, 0.05) is 17.6 Å². The van der Waals surface area contributed by atoms with Crippen molar-refractivity contribution in [3.63, 3.8) is 0 Å². The van der Waals surface area contributed by atoms with Gasteiger partial charge >= 0.3 is 0 Å². The van der Waals surface area contributed by atoms with Gasteiger partial charge in [-0.2, -0.15) is 4.31 Å². The minimum absolute atomic E-state index is 0.391. The van der Waals surface area contributed by atoms with Gasteiger partial charge in [-0.1, -0.05) is 28.1 Å². The fourth-order valence-electron chi connectivity index (χ4n) is 2.92. The molecule has 1 heterocycles. The van der Waals surface area contributed by atoms with E-state index in [2.05, 4.69) is 28.1 Å². The maximum Gasteiger partial charge on any atom is 0.243 e. The van der Waals surface area contributed by atoms with Crippen LogP contribution in [0, 0.1) is 11.8 Å². The summed E-state index contributed by atoms with van der Waals surface area (Å²) in [5.74, 6) is 0.991. The Kier molecular flexibility index (Phi) is 3.53. The van der Waals surface area contributed by atoms with E-state index >= 15 is 0 Å². The Labute approximate surface area is 122 Å². The van der Waals surface area contributed by atoms with Crippen LogP contribution in [0.2, 0.25) is 0 Å². The summed E-state index contributed by atoms with van der Waals surface area (Å²) in [6, 6.07) is 6.88. The lowest BCUT2D eigenvalue weighted by Gasteiger charge is -2.18. The molecule has 2 aliphatic rings. The van der Waals surface area contributed by atoms with Crippen LogP contribution in [0.15, 0.2) is 45.8 Å². The number of sulfonamides is 1. The molecule has 1 saturated heterocycles. The predicted octanol–water partition coefficient (Wildman–Crippen LogP) is 3.04. The first-order chi connectivity index (χ1) is 9.07. The van der Waals surface area contributed by atoms with E-state index in [4.69, 9.17) is 0 Å². The Morgan fingerprint density at radius 3 is 2.05 bits per heavy atom. The standard InChI is InChI=1S/C14H16BrNO2S/c15-13-5-7-14(8-6-13)19(17,18)16-9-11-3-1-2-4-12(11)10-16/h1-2,5-8,11-12H,3-4,9-10H2. The molecule has 1 aromatic carbocycles. The van der Waals surface area contributed by atoms with Crippen molar-refractivity contribution in [3.8, 4) is 0 Å². The molecule has 0 bridgehead atoms. The average molecular weight is 342 g/mol. The van der Waals surface area contributed by atoms with Crippen molar-refractivity contribution in [1.82, 2.24) is 4.31 Å². The minimum Gasteiger partial charge on any atom is -0.207 e. The number of hydrogen-bond acceptors (Lipinski definition) is 2. The fourth-order valence-corrected chi connectivity index (χ4v) is 4.74. The summed E-state index contributed by atoms with van der Waals surface area (Å²) in [7, 11) is -3.33. The van der Waals surface area contributed by atoms with Gasteiger partial charge in [-0.05, 0) is 48.9 Å². The molecule has 0 N–H and O–H groups in total. The number of allylic oxidation sites excluding steroid dienone is 2. The smallest absolute Gasteiger partial charge is 0.207 e. The van der Waals surface area contributed by atoms with E-state index in [1.807, 2.05) is 0 Å². The lowest BCUT2D eigenvalue weighted by molar-refractivity contribution is 0.411. The fraction of sp³-hybridized carbons (Fsp3) is 0.429. The molecule has 3 nitrogen and oxygen atoms in total. The quantitative estimate of drug-likeness (QED) is 0.775. The van der Waals surface area contributed by atoms with E-state index < -0.39 is 10.0 Å². The number of benzene rings is 1. The van der Waals surface area contributed by atoms with Crippen LogP contribution in [0.25, 0.3) is 0 Å². The Morgan fingerprint density at radius 1 is 1.00 bits per heavy atom. The van der Waals surface area contributed by atoms with Crippen LogP contribution in [0.5, 0.6) is 0 Å². The highest BCUT2D eigenvalue weighted by Crippen LogP contribution is 2.35. The molecular weight excluding hydrogens is 326 g/mol. The molecule has 2 atom stereocenters. The molecule has 0 amide bonds. The molecule has 19 heavy (non-hydrogen) atoms. The first-order valence-electron chi connectivity index (χ1n) is 6.48. The summed E-state index contributed by atoms with van der Waals surface area (Å²) < 4.78 is 27.7. The molecule has 0 spiro atoms. The largest absolute Gasteiger partial charge is 0.243 e. The first-order valence-corrected chi connectivity index (χ1v) is 8.71. The third-order valence-electron chi connectivity index (χ3n) is 4.04. The van der Waals surface area contributed by atoms with Gasteiger partial charge in [0.1, 0.15) is 0 Å².